The van der Waals surface area contributed by atoms with Gasteiger partial charge >= 0.3 is 0 Å². The van der Waals surface area contributed by atoms with Gasteiger partial charge in [0, 0.05) is 17.8 Å². The van der Waals surface area contributed by atoms with E-state index < -0.39 is 36.1 Å². The molecule has 3 rings (SSSR count). The minimum atomic E-state index is -1.01. The Morgan fingerprint density at radius 2 is 1.39 bits per heavy atom. The smallest absolute Gasteiger partial charge is 0.289 e. The van der Waals surface area contributed by atoms with Crippen LogP contribution in [0.25, 0.3) is 0 Å². The lowest BCUT2D eigenvalue weighted by molar-refractivity contribution is -0.138. The van der Waals surface area contributed by atoms with Crippen molar-refractivity contribution in [2.75, 3.05) is 18.0 Å². The van der Waals surface area contributed by atoms with Gasteiger partial charge in [0.1, 0.15) is 12.6 Å². The molecule has 0 heterocycles. The zero-order chi connectivity index (χ0) is 27.5. The molecule has 38 heavy (non-hydrogen) atoms. The van der Waals surface area contributed by atoms with Crippen LogP contribution >= 0.6 is 0 Å². The first kappa shape index (κ1) is 27.8. The number of rotatable bonds is 11. The largest absolute Gasteiger partial charge is 0.347 e. The number of anilines is 1. The first-order valence-electron chi connectivity index (χ1n) is 12.1. The highest BCUT2D eigenvalue weighted by Crippen LogP contribution is 2.21. The van der Waals surface area contributed by atoms with Crippen molar-refractivity contribution >= 4 is 35.1 Å². The predicted octanol–water partition coefficient (Wildman–Crippen LogP) is 2.15. The van der Waals surface area contributed by atoms with E-state index in [1.807, 2.05) is 49.4 Å². The molecule has 0 bridgehead atoms. The van der Waals surface area contributed by atoms with Crippen molar-refractivity contribution in [2.45, 2.75) is 26.4 Å². The Hall–Kier alpha value is -4.79. The van der Waals surface area contributed by atoms with Crippen LogP contribution in [-0.4, -0.2) is 48.5 Å². The molecule has 4 amide bonds. The van der Waals surface area contributed by atoms with E-state index in [0.717, 1.165) is 11.1 Å². The van der Waals surface area contributed by atoms with Gasteiger partial charge in [-0.1, -0.05) is 66.7 Å². The molecule has 0 aliphatic rings. The molecule has 0 radical (unpaired) electrons. The van der Waals surface area contributed by atoms with Gasteiger partial charge in [-0.25, -0.2) is 0 Å². The van der Waals surface area contributed by atoms with Crippen molar-refractivity contribution in [3.05, 3.63) is 102 Å². The standard InChI is InChI=1S/C29H30N4O5/c1-20-11-9-10-16-24(20)33(29(38)23-14-7-4-8-15-23)19-26(35)32-21(2)27(36)31-18-25(34)28(37)30-17-22-12-5-3-6-13-22/h3-16,21H,17-19H2,1-2H3,(H,30,37)(H,31,36)(H,32,35)/t21-/m0/s1. The Labute approximate surface area is 221 Å². The summed E-state index contributed by atoms with van der Waals surface area (Å²) in [6.07, 6.45) is 0. The van der Waals surface area contributed by atoms with Crippen molar-refractivity contribution < 1.29 is 24.0 Å². The molecule has 196 valence electrons. The van der Waals surface area contributed by atoms with Crippen molar-refractivity contribution in [3.63, 3.8) is 0 Å². The second-order valence-electron chi connectivity index (χ2n) is 8.64. The number of nitrogens with one attached hydrogen (secondary N) is 3. The summed E-state index contributed by atoms with van der Waals surface area (Å²) in [6.45, 7) is 2.63. The van der Waals surface area contributed by atoms with E-state index in [2.05, 4.69) is 16.0 Å². The summed E-state index contributed by atoms with van der Waals surface area (Å²) in [7, 11) is 0. The van der Waals surface area contributed by atoms with Gasteiger partial charge in [-0.15, -0.1) is 0 Å². The fourth-order valence-electron chi connectivity index (χ4n) is 3.64. The van der Waals surface area contributed by atoms with Crippen LogP contribution < -0.4 is 20.9 Å². The minimum Gasteiger partial charge on any atom is -0.347 e. The molecule has 3 N–H and O–H groups in total. The SMILES string of the molecule is Cc1ccccc1N(CC(=O)N[C@@H](C)C(=O)NCC(=O)C(=O)NCc1ccccc1)C(=O)c1ccccc1. The number of carbonyl (C=O) groups excluding carboxylic acids is 5. The van der Waals surface area contributed by atoms with Crippen molar-refractivity contribution in [2.24, 2.45) is 0 Å². The second kappa shape index (κ2) is 13.5. The van der Waals surface area contributed by atoms with E-state index in [4.69, 9.17) is 0 Å². The summed E-state index contributed by atoms with van der Waals surface area (Å²) in [6, 6.07) is 23.9. The number of benzene rings is 3. The lowest BCUT2D eigenvalue weighted by Crippen LogP contribution is -2.50. The number of hydrogen-bond donors (Lipinski definition) is 3. The van der Waals surface area contributed by atoms with Gasteiger partial charge in [-0.2, -0.15) is 0 Å². The zero-order valence-corrected chi connectivity index (χ0v) is 21.3. The molecular formula is C29H30N4O5. The lowest BCUT2D eigenvalue weighted by Gasteiger charge is -2.25. The molecule has 3 aromatic rings. The van der Waals surface area contributed by atoms with Crippen LogP contribution in [0.4, 0.5) is 5.69 Å². The molecule has 0 aliphatic heterocycles. The zero-order valence-electron chi connectivity index (χ0n) is 21.3. The molecule has 0 unspecified atom stereocenters. The van der Waals surface area contributed by atoms with Crippen LogP contribution in [0.3, 0.4) is 0 Å². The third-order valence-electron chi connectivity index (χ3n) is 5.72. The van der Waals surface area contributed by atoms with Crippen LogP contribution in [0.1, 0.15) is 28.4 Å². The minimum absolute atomic E-state index is 0.185. The summed E-state index contributed by atoms with van der Waals surface area (Å²) < 4.78 is 0. The quantitative estimate of drug-likeness (QED) is 0.338. The Bertz CT molecular complexity index is 1290. The first-order valence-corrected chi connectivity index (χ1v) is 12.1. The summed E-state index contributed by atoms with van der Waals surface area (Å²) in [4.78, 5) is 64.0. The van der Waals surface area contributed by atoms with Gasteiger partial charge in [-0.05, 0) is 43.2 Å². The summed E-state index contributed by atoms with van der Waals surface area (Å²) in [5.74, 6) is -3.20. The highest BCUT2D eigenvalue weighted by atomic mass is 16.2. The van der Waals surface area contributed by atoms with E-state index >= 15 is 0 Å². The van der Waals surface area contributed by atoms with Crippen molar-refractivity contribution in [1.82, 2.24) is 16.0 Å². The predicted molar refractivity (Wildman–Crippen MR) is 143 cm³/mol. The van der Waals surface area contributed by atoms with Gasteiger partial charge in [-0.3, -0.25) is 28.9 Å². The Balaban J connectivity index is 1.55. The topological polar surface area (TPSA) is 125 Å². The summed E-state index contributed by atoms with van der Waals surface area (Å²) in [5.41, 5.74) is 2.62. The third kappa shape index (κ3) is 7.86. The molecule has 0 aromatic heterocycles. The molecule has 1 atom stereocenters. The Morgan fingerprint density at radius 3 is 2.05 bits per heavy atom. The fraction of sp³-hybridized carbons (Fsp3) is 0.207. The van der Waals surface area contributed by atoms with Crippen molar-refractivity contribution in [1.29, 1.82) is 0 Å². The molecular weight excluding hydrogens is 484 g/mol. The number of nitrogens with zero attached hydrogens (tertiary/aromatic N) is 1. The molecule has 0 aliphatic carbocycles. The maximum atomic E-state index is 13.2. The van der Waals surface area contributed by atoms with E-state index in [1.165, 1.54) is 11.8 Å². The number of carbonyl (C=O) groups is 5. The van der Waals surface area contributed by atoms with Gasteiger partial charge in [0.2, 0.25) is 17.6 Å². The maximum absolute atomic E-state index is 13.2. The van der Waals surface area contributed by atoms with Crippen LogP contribution in [0.5, 0.6) is 0 Å². The van der Waals surface area contributed by atoms with E-state index in [-0.39, 0.29) is 19.0 Å². The first-order chi connectivity index (χ1) is 18.3. The molecule has 0 saturated carbocycles. The molecule has 0 fully saturated rings. The number of aryl methyl sites for hydroxylation is 1. The number of amides is 4. The Kier molecular flexibility index (Phi) is 9.87. The van der Waals surface area contributed by atoms with Crippen molar-refractivity contribution in [3.8, 4) is 0 Å². The molecule has 0 saturated heterocycles. The van der Waals surface area contributed by atoms with Gasteiger partial charge in [0.05, 0.1) is 6.54 Å². The van der Waals surface area contributed by atoms with E-state index in [0.29, 0.717) is 11.3 Å². The highest BCUT2D eigenvalue weighted by Gasteiger charge is 2.24. The van der Waals surface area contributed by atoms with Crippen LogP contribution in [0.15, 0.2) is 84.9 Å². The normalized spacial score (nSPS) is 11.1. The molecule has 9 heteroatoms. The lowest BCUT2D eigenvalue weighted by atomic mass is 10.1. The van der Waals surface area contributed by atoms with Crippen LogP contribution in [-0.2, 0) is 25.7 Å². The highest BCUT2D eigenvalue weighted by molar-refractivity contribution is 6.37. The van der Waals surface area contributed by atoms with Crippen LogP contribution in [0.2, 0.25) is 0 Å². The number of para-hydroxylation sites is 1. The average molecular weight is 515 g/mol. The summed E-state index contributed by atoms with van der Waals surface area (Å²) >= 11 is 0. The van der Waals surface area contributed by atoms with E-state index in [1.54, 1.807) is 42.5 Å². The number of ketones is 1. The maximum Gasteiger partial charge on any atom is 0.289 e. The number of hydrogen-bond acceptors (Lipinski definition) is 5. The van der Waals surface area contributed by atoms with Gasteiger partial charge in [0.15, 0.2) is 0 Å². The summed E-state index contributed by atoms with van der Waals surface area (Å²) in [5, 5.41) is 7.42. The van der Waals surface area contributed by atoms with Crippen LogP contribution in [0, 0.1) is 6.92 Å². The Morgan fingerprint density at radius 1 is 0.789 bits per heavy atom. The van der Waals surface area contributed by atoms with Gasteiger partial charge in [0.25, 0.3) is 11.8 Å². The third-order valence-corrected chi connectivity index (χ3v) is 5.72. The molecule has 3 aromatic carbocycles. The van der Waals surface area contributed by atoms with E-state index in [9.17, 15) is 24.0 Å². The average Bonchev–Trinajstić information content (AvgIpc) is 2.94. The van der Waals surface area contributed by atoms with Gasteiger partial charge < -0.3 is 16.0 Å². The second-order valence-corrected chi connectivity index (χ2v) is 8.64. The molecule has 9 nitrogen and oxygen atoms in total. The monoisotopic (exact) mass is 514 g/mol. The molecule has 0 spiro atoms. The fourth-order valence-corrected chi connectivity index (χ4v) is 3.64. The number of Topliss-reactive ketones (excluding diaryl/α,β-unsaturated/α-hetero) is 1.